The van der Waals surface area contributed by atoms with Crippen molar-refractivity contribution in [2.75, 3.05) is 7.11 Å². The SMILES string of the molecule is COC(=O)c1ccc2cn(CCn3cccc3)nc2c1. The Kier molecular flexibility index (Phi) is 3.25. The van der Waals surface area contributed by atoms with Gasteiger partial charge in [0.05, 0.1) is 24.7 Å². The third-order valence-corrected chi connectivity index (χ3v) is 3.23. The average Bonchev–Trinajstić information content (AvgIpc) is 3.12. The molecule has 0 aliphatic heterocycles. The summed E-state index contributed by atoms with van der Waals surface area (Å²) >= 11 is 0. The summed E-state index contributed by atoms with van der Waals surface area (Å²) in [7, 11) is 1.38. The lowest BCUT2D eigenvalue weighted by molar-refractivity contribution is 0.0601. The van der Waals surface area contributed by atoms with Gasteiger partial charge in [-0.2, -0.15) is 5.10 Å². The topological polar surface area (TPSA) is 49.0 Å². The van der Waals surface area contributed by atoms with E-state index in [0.717, 1.165) is 24.0 Å². The van der Waals surface area contributed by atoms with E-state index >= 15 is 0 Å². The zero-order chi connectivity index (χ0) is 13.9. The molecule has 0 atom stereocenters. The van der Waals surface area contributed by atoms with Gasteiger partial charge in [-0.05, 0) is 24.3 Å². The number of carbonyl (C=O) groups excluding carboxylic acids is 1. The number of hydrogen-bond acceptors (Lipinski definition) is 3. The highest BCUT2D eigenvalue weighted by molar-refractivity contribution is 5.94. The molecule has 0 saturated carbocycles. The molecule has 0 spiro atoms. The molecule has 5 nitrogen and oxygen atoms in total. The van der Waals surface area contributed by atoms with Crippen molar-refractivity contribution >= 4 is 16.9 Å². The molecule has 5 heteroatoms. The number of aromatic nitrogens is 3. The van der Waals surface area contributed by atoms with Crippen LogP contribution >= 0.6 is 0 Å². The Hall–Kier alpha value is -2.56. The highest BCUT2D eigenvalue weighted by Gasteiger charge is 2.08. The van der Waals surface area contributed by atoms with Crippen molar-refractivity contribution in [3.63, 3.8) is 0 Å². The van der Waals surface area contributed by atoms with Crippen molar-refractivity contribution in [1.29, 1.82) is 0 Å². The monoisotopic (exact) mass is 269 g/mol. The maximum Gasteiger partial charge on any atom is 0.337 e. The Balaban J connectivity index is 1.81. The lowest BCUT2D eigenvalue weighted by Gasteiger charge is -2.02. The summed E-state index contributed by atoms with van der Waals surface area (Å²) < 4.78 is 8.71. The van der Waals surface area contributed by atoms with Gasteiger partial charge in [-0.25, -0.2) is 4.79 Å². The summed E-state index contributed by atoms with van der Waals surface area (Å²) in [6, 6.07) is 9.41. The van der Waals surface area contributed by atoms with Crippen LogP contribution in [-0.4, -0.2) is 27.4 Å². The molecule has 0 bridgehead atoms. The number of hydrogen-bond donors (Lipinski definition) is 0. The molecule has 0 fully saturated rings. The van der Waals surface area contributed by atoms with Crippen molar-refractivity contribution in [2.45, 2.75) is 13.1 Å². The molecule has 0 amide bonds. The van der Waals surface area contributed by atoms with E-state index in [1.165, 1.54) is 7.11 Å². The quantitative estimate of drug-likeness (QED) is 0.683. The van der Waals surface area contributed by atoms with Crippen LogP contribution in [0.4, 0.5) is 0 Å². The van der Waals surface area contributed by atoms with Gasteiger partial charge >= 0.3 is 5.97 Å². The fourth-order valence-electron chi connectivity index (χ4n) is 2.16. The van der Waals surface area contributed by atoms with Gasteiger partial charge in [-0.3, -0.25) is 4.68 Å². The number of carbonyl (C=O) groups is 1. The summed E-state index contributed by atoms with van der Waals surface area (Å²) in [6.07, 6.45) is 6.04. The van der Waals surface area contributed by atoms with Gasteiger partial charge in [0.1, 0.15) is 0 Å². The smallest absolute Gasteiger partial charge is 0.337 e. The predicted octanol–water partition coefficient (Wildman–Crippen LogP) is 2.32. The molecule has 3 aromatic rings. The second kappa shape index (κ2) is 5.21. The van der Waals surface area contributed by atoms with Crippen molar-refractivity contribution in [1.82, 2.24) is 14.3 Å². The maximum absolute atomic E-state index is 11.5. The number of fused-ring (bicyclic) bond motifs is 1. The summed E-state index contributed by atoms with van der Waals surface area (Å²) in [4.78, 5) is 11.5. The standard InChI is InChI=1S/C15H15N3O2/c1-20-15(19)12-4-5-13-11-18(16-14(13)10-12)9-8-17-6-2-3-7-17/h2-7,10-11H,8-9H2,1H3. The van der Waals surface area contributed by atoms with Crippen LogP contribution in [0.25, 0.3) is 10.9 Å². The minimum absolute atomic E-state index is 0.339. The third-order valence-electron chi connectivity index (χ3n) is 3.23. The summed E-state index contributed by atoms with van der Waals surface area (Å²) in [5.74, 6) is -0.339. The molecule has 0 unspecified atom stereocenters. The molecule has 0 aliphatic carbocycles. The van der Waals surface area contributed by atoms with Crippen LogP contribution < -0.4 is 0 Å². The Bertz CT molecular complexity index is 729. The largest absolute Gasteiger partial charge is 0.465 e. The van der Waals surface area contributed by atoms with E-state index in [1.54, 1.807) is 12.1 Å². The van der Waals surface area contributed by atoms with E-state index in [9.17, 15) is 4.79 Å². The first kappa shape index (κ1) is 12.5. The molecule has 2 aromatic heterocycles. The number of aryl methyl sites for hydroxylation is 2. The number of benzene rings is 1. The fourth-order valence-corrected chi connectivity index (χ4v) is 2.16. The van der Waals surface area contributed by atoms with E-state index in [0.29, 0.717) is 5.56 Å². The zero-order valence-electron chi connectivity index (χ0n) is 11.2. The second-order valence-electron chi connectivity index (χ2n) is 4.58. The third kappa shape index (κ3) is 2.42. The van der Waals surface area contributed by atoms with Gasteiger partial charge in [0.25, 0.3) is 0 Å². The van der Waals surface area contributed by atoms with Crippen molar-refractivity contribution in [3.8, 4) is 0 Å². The van der Waals surface area contributed by atoms with E-state index in [4.69, 9.17) is 4.74 Å². The molecule has 0 aliphatic rings. The van der Waals surface area contributed by atoms with Crippen molar-refractivity contribution in [2.24, 2.45) is 0 Å². The van der Waals surface area contributed by atoms with Gasteiger partial charge in [0.2, 0.25) is 0 Å². The molecule has 3 rings (SSSR count). The van der Waals surface area contributed by atoms with Crippen molar-refractivity contribution in [3.05, 3.63) is 54.5 Å². The fraction of sp³-hybridized carbons (Fsp3) is 0.200. The molecule has 0 N–H and O–H groups in total. The Morgan fingerprint density at radius 2 is 2.05 bits per heavy atom. The highest BCUT2D eigenvalue weighted by atomic mass is 16.5. The van der Waals surface area contributed by atoms with Crippen LogP contribution in [0, 0.1) is 0 Å². The molecule has 1 aromatic carbocycles. The van der Waals surface area contributed by atoms with Crippen LogP contribution in [-0.2, 0) is 17.8 Å². The second-order valence-corrected chi connectivity index (χ2v) is 4.58. The number of ether oxygens (including phenoxy) is 1. The number of rotatable bonds is 4. The molecule has 0 saturated heterocycles. The van der Waals surface area contributed by atoms with E-state index in [-0.39, 0.29) is 5.97 Å². The molecule has 2 heterocycles. The lowest BCUT2D eigenvalue weighted by Crippen LogP contribution is -2.05. The minimum Gasteiger partial charge on any atom is -0.465 e. The van der Waals surface area contributed by atoms with Gasteiger partial charge in [0.15, 0.2) is 0 Å². The number of esters is 1. The van der Waals surface area contributed by atoms with E-state index in [1.807, 2.05) is 41.5 Å². The van der Waals surface area contributed by atoms with Crippen LogP contribution in [0.3, 0.4) is 0 Å². The first-order valence-corrected chi connectivity index (χ1v) is 6.42. The first-order chi connectivity index (χ1) is 9.76. The van der Waals surface area contributed by atoms with Crippen molar-refractivity contribution < 1.29 is 9.53 Å². The number of nitrogens with zero attached hydrogens (tertiary/aromatic N) is 3. The van der Waals surface area contributed by atoms with Crippen LogP contribution in [0.1, 0.15) is 10.4 Å². The minimum atomic E-state index is -0.339. The maximum atomic E-state index is 11.5. The van der Waals surface area contributed by atoms with Crippen LogP contribution in [0.15, 0.2) is 48.9 Å². The summed E-state index contributed by atoms with van der Waals surface area (Å²) in [5.41, 5.74) is 1.33. The first-order valence-electron chi connectivity index (χ1n) is 6.42. The zero-order valence-corrected chi connectivity index (χ0v) is 11.2. The molecule has 0 radical (unpaired) electrons. The Morgan fingerprint density at radius 1 is 1.25 bits per heavy atom. The molecular weight excluding hydrogens is 254 g/mol. The molecular formula is C15H15N3O2. The van der Waals surface area contributed by atoms with Gasteiger partial charge in [0, 0.05) is 30.5 Å². The lowest BCUT2D eigenvalue weighted by atomic mass is 10.2. The van der Waals surface area contributed by atoms with Gasteiger partial charge < -0.3 is 9.30 Å². The van der Waals surface area contributed by atoms with E-state index < -0.39 is 0 Å². The average molecular weight is 269 g/mol. The molecule has 20 heavy (non-hydrogen) atoms. The predicted molar refractivity (Wildman–Crippen MR) is 75.5 cm³/mol. The molecule has 102 valence electrons. The Morgan fingerprint density at radius 3 is 2.80 bits per heavy atom. The summed E-state index contributed by atoms with van der Waals surface area (Å²) in [5, 5.41) is 5.50. The van der Waals surface area contributed by atoms with Gasteiger partial charge in [-0.1, -0.05) is 6.07 Å². The van der Waals surface area contributed by atoms with E-state index in [2.05, 4.69) is 9.67 Å². The highest BCUT2D eigenvalue weighted by Crippen LogP contribution is 2.15. The Labute approximate surface area is 116 Å². The van der Waals surface area contributed by atoms with Crippen LogP contribution in [0.2, 0.25) is 0 Å². The normalized spacial score (nSPS) is 10.8. The van der Waals surface area contributed by atoms with Crippen LogP contribution in [0.5, 0.6) is 0 Å². The van der Waals surface area contributed by atoms with Gasteiger partial charge in [-0.15, -0.1) is 0 Å². The summed E-state index contributed by atoms with van der Waals surface area (Å²) in [6.45, 7) is 1.65. The number of methoxy groups -OCH3 is 1.